The van der Waals surface area contributed by atoms with E-state index in [9.17, 15) is 4.79 Å². The van der Waals surface area contributed by atoms with Gasteiger partial charge in [0, 0.05) is 31.0 Å². The monoisotopic (exact) mass is 454 g/mol. The van der Waals surface area contributed by atoms with Crippen LogP contribution in [0.4, 0.5) is 0 Å². The van der Waals surface area contributed by atoms with Gasteiger partial charge in [0.05, 0.1) is 44.8 Å². The van der Waals surface area contributed by atoms with Crippen LogP contribution < -0.4 is 5.69 Å². The third-order valence-electron chi connectivity index (χ3n) is 6.92. The molecule has 1 aromatic carbocycles. The Morgan fingerprint density at radius 3 is 2.85 bits per heavy atom. The fraction of sp³-hybridized carbons (Fsp3) is 0.615. The van der Waals surface area contributed by atoms with Crippen molar-refractivity contribution in [3.8, 4) is 11.3 Å². The van der Waals surface area contributed by atoms with Crippen LogP contribution in [0.3, 0.4) is 0 Å². The van der Waals surface area contributed by atoms with E-state index in [1.807, 2.05) is 4.57 Å². The van der Waals surface area contributed by atoms with Gasteiger partial charge in [-0.25, -0.2) is 4.79 Å². The number of hydrogen-bond acceptors (Lipinski definition) is 6. The normalized spacial score (nSPS) is 20.9. The van der Waals surface area contributed by atoms with Crippen LogP contribution in [0.15, 0.2) is 29.1 Å². The minimum absolute atomic E-state index is 0.144. The Labute approximate surface area is 195 Å². The zero-order chi connectivity index (χ0) is 22.5. The molecule has 2 fully saturated rings. The molecule has 1 atom stereocenters. The first-order valence-corrected chi connectivity index (χ1v) is 12.3. The molecule has 33 heavy (non-hydrogen) atoms. The molecule has 0 N–H and O–H groups in total. The highest BCUT2D eigenvalue weighted by Crippen LogP contribution is 2.30. The summed E-state index contributed by atoms with van der Waals surface area (Å²) in [6, 6.07) is 8.61. The topological polar surface area (TPSA) is 71.8 Å². The highest BCUT2D eigenvalue weighted by atomic mass is 16.6. The predicted molar refractivity (Wildman–Crippen MR) is 124 cm³/mol. The molecule has 4 heterocycles. The molecule has 7 heteroatoms. The van der Waals surface area contributed by atoms with Crippen LogP contribution in [-0.2, 0) is 44.9 Å². The lowest BCUT2D eigenvalue weighted by Crippen LogP contribution is -2.30. The maximum atomic E-state index is 12.7. The van der Waals surface area contributed by atoms with E-state index in [-0.39, 0.29) is 11.8 Å². The van der Waals surface area contributed by atoms with Crippen molar-refractivity contribution in [2.75, 3.05) is 39.6 Å². The summed E-state index contributed by atoms with van der Waals surface area (Å²) in [5, 5.41) is 0. The number of benzene rings is 1. The summed E-state index contributed by atoms with van der Waals surface area (Å²) in [6.45, 7) is 5.82. The van der Waals surface area contributed by atoms with E-state index in [2.05, 4.69) is 29.2 Å². The average Bonchev–Trinajstić information content (AvgIpc) is 2.85. The zero-order valence-corrected chi connectivity index (χ0v) is 19.3. The van der Waals surface area contributed by atoms with E-state index < -0.39 is 0 Å². The molecule has 7 nitrogen and oxygen atoms in total. The Morgan fingerprint density at radius 2 is 2.00 bits per heavy atom. The Balaban J connectivity index is 1.23. The van der Waals surface area contributed by atoms with Gasteiger partial charge in [0.15, 0.2) is 0 Å². The third kappa shape index (κ3) is 5.72. The number of rotatable bonds is 8. The fourth-order valence-electron chi connectivity index (χ4n) is 5.02. The maximum Gasteiger partial charge on any atom is 0.348 e. The number of aromatic nitrogens is 2. The number of nitrogens with zero attached hydrogens (tertiary/aromatic N) is 2. The summed E-state index contributed by atoms with van der Waals surface area (Å²) in [6.07, 6.45) is 5.81. The number of fused-ring (bicyclic) bond motifs is 3. The highest BCUT2D eigenvalue weighted by molar-refractivity contribution is 5.66. The SMILES string of the molecule is O=c1nc(CCC[C@@H]2COCCO2)cc2n1CCc1cc(COCC3CCOCC3)ccc1-2. The van der Waals surface area contributed by atoms with Crippen LogP contribution >= 0.6 is 0 Å². The minimum Gasteiger partial charge on any atom is -0.381 e. The van der Waals surface area contributed by atoms with Crippen molar-refractivity contribution in [1.82, 2.24) is 9.55 Å². The molecule has 0 spiro atoms. The summed E-state index contributed by atoms with van der Waals surface area (Å²) in [5.41, 5.74) is 5.32. The molecule has 0 unspecified atom stereocenters. The van der Waals surface area contributed by atoms with Gasteiger partial charge in [-0.05, 0) is 61.6 Å². The summed E-state index contributed by atoms with van der Waals surface area (Å²) in [5.74, 6) is 0.609. The molecule has 2 saturated heterocycles. The van der Waals surface area contributed by atoms with Crippen molar-refractivity contribution < 1.29 is 18.9 Å². The minimum atomic E-state index is -0.144. The van der Waals surface area contributed by atoms with Gasteiger partial charge >= 0.3 is 5.69 Å². The molecule has 3 aliphatic rings. The second kappa shape index (κ2) is 10.9. The molecule has 1 aromatic heterocycles. The Hall–Kier alpha value is -2.06. The van der Waals surface area contributed by atoms with Crippen LogP contribution in [-0.4, -0.2) is 55.3 Å². The molecule has 0 saturated carbocycles. The molecule has 3 aliphatic heterocycles. The first kappa shape index (κ1) is 22.7. The predicted octanol–water partition coefficient (Wildman–Crippen LogP) is 3.15. The van der Waals surface area contributed by atoms with Crippen molar-refractivity contribution in [2.24, 2.45) is 5.92 Å². The molecule has 0 aliphatic carbocycles. The van der Waals surface area contributed by atoms with E-state index in [1.54, 1.807) is 0 Å². The van der Waals surface area contributed by atoms with Gasteiger partial charge < -0.3 is 18.9 Å². The smallest absolute Gasteiger partial charge is 0.348 e. The second-order valence-corrected chi connectivity index (χ2v) is 9.34. The first-order valence-electron chi connectivity index (χ1n) is 12.3. The summed E-state index contributed by atoms with van der Waals surface area (Å²) >= 11 is 0. The van der Waals surface area contributed by atoms with Gasteiger partial charge in [0.2, 0.25) is 0 Å². The lowest BCUT2D eigenvalue weighted by molar-refractivity contribution is -0.0910. The summed E-state index contributed by atoms with van der Waals surface area (Å²) in [4.78, 5) is 17.0. The Bertz CT molecular complexity index is 993. The van der Waals surface area contributed by atoms with Crippen molar-refractivity contribution in [3.63, 3.8) is 0 Å². The van der Waals surface area contributed by atoms with Crippen LogP contribution in [0.5, 0.6) is 0 Å². The first-order chi connectivity index (χ1) is 16.3. The zero-order valence-electron chi connectivity index (χ0n) is 19.3. The Morgan fingerprint density at radius 1 is 1.09 bits per heavy atom. The molecular weight excluding hydrogens is 420 g/mol. The van der Waals surface area contributed by atoms with E-state index in [4.69, 9.17) is 18.9 Å². The van der Waals surface area contributed by atoms with Gasteiger partial charge in [-0.2, -0.15) is 4.98 Å². The van der Waals surface area contributed by atoms with Crippen LogP contribution in [0.25, 0.3) is 11.3 Å². The van der Waals surface area contributed by atoms with Crippen molar-refractivity contribution in [3.05, 3.63) is 51.6 Å². The Kier molecular flexibility index (Phi) is 7.51. The lowest BCUT2D eigenvalue weighted by atomic mass is 9.95. The highest BCUT2D eigenvalue weighted by Gasteiger charge is 2.20. The molecular formula is C26H34N2O5. The standard InChI is InChI=1S/C26H34N2O5/c29-26-27-22(2-1-3-23-18-31-12-13-33-23)15-25-24-5-4-20(14-21(24)6-9-28(25)26)17-32-16-19-7-10-30-11-8-19/h4-5,14-15,19,23H,1-3,6-13,16-18H2/t23-/m1/s1. The third-order valence-corrected chi connectivity index (χ3v) is 6.92. The quantitative estimate of drug-likeness (QED) is 0.610. The molecule has 0 bridgehead atoms. The largest absolute Gasteiger partial charge is 0.381 e. The van der Waals surface area contributed by atoms with E-state index in [1.165, 1.54) is 11.1 Å². The van der Waals surface area contributed by atoms with E-state index in [0.29, 0.717) is 38.9 Å². The van der Waals surface area contributed by atoms with E-state index >= 15 is 0 Å². The van der Waals surface area contributed by atoms with Gasteiger partial charge in [0.1, 0.15) is 0 Å². The summed E-state index contributed by atoms with van der Waals surface area (Å²) in [7, 11) is 0. The average molecular weight is 455 g/mol. The van der Waals surface area contributed by atoms with Crippen LogP contribution in [0.1, 0.15) is 42.5 Å². The molecule has 0 radical (unpaired) electrons. The van der Waals surface area contributed by atoms with Gasteiger partial charge in [0.25, 0.3) is 0 Å². The van der Waals surface area contributed by atoms with Crippen LogP contribution in [0.2, 0.25) is 0 Å². The van der Waals surface area contributed by atoms with Crippen molar-refractivity contribution in [1.29, 1.82) is 0 Å². The number of aryl methyl sites for hydroxylation is 2. The molecule has 0 amide bonds. The maximum absolute atomic E-state index is 12.7. The summed E-state index contributed by atoms with van der Waals surface area (Å²) < 4.78 is 24.4. The van der Waals surface area contributed by atoms with Crippen LogP contribution in [0, 0.1) is 5.92 Å². The van der Waals surface area contributed by atoms with Gasteiger partial charge in [-0.3, -0.25) is 4.57 Å². The van der Waals surface area contributed by atoms with Crippen molar-refractivity contribution in [2.45, 2.75) is 57.8 Å². The lowest BCUT2D eigenvalue weighted by Gasteiger charge is -2.24. The molecule has 5 rings (SSSR count). The molecule has 2 aromatic rings. The van der Waals surface area contributed by atoms with Gasteiger partial charge in [-0.15, -0.1) is 0 Å². The molecule has 178 valence electrons. The van der Waals surface area contributed by atoms with Gasteiger partial charge in [-0.1, -0.05) is 18.2 Å². The second-order valence-electron chi connectivity index (χ2n) is 9.34. The fourth-order valence-corrected chi connectivity index (χ4v) is 5.02. The van der Waals surface area contributed by atoms with Crippen molar-refractivity contribution >= 4 is 0 Å². The number of hydrogen-bond donors (Lipinski definition) is 0. The number of ether oxygens (including phenoxy) is 4. The van der Waals surface area contributed by atoms with E-state index in [0.717, 1.165) is 75.3 Å².